The molecule has 0 saturated carbocycles. The van der Waals surface area contributed by atoms with Crippen LogP contribution in [-0.4, -0.2) is 35.3 Å². The van der Waals surface area contributed by atoms with E-state index in [1.54, 1.807) is 18.2 Å². The van der Waals surface area contributed by atoms with Crippen LogP contribution in [0.15, 0.2) is 59.1 Å². The highest BCUT2D eigenvalue weighted by Crippen LogP contribution is 2.16. The highest BCUT2D eigenvalue weighted by Gasteiger charge is 2.38. The Morgan fingerprint density at radius 1 is 1.12 bits per heavy atom. The summed E-state index contributed by atoms with van der Waals surface area (Å²) in [6.45, 7) is -0.307. The number of imide groups is 1. The van der Waals surface area contributed by atoms with Gasteiger partial charge in [-0.25, -0.2) is 4.79 Å². The van der Waals surface area contributed by atoms with E-state index in [0.29, 0.717) is 18.5 Å². The predicted octanol–water partition coefficient (Wildman–Crippen LogP) is 2.94. The zero-order valence-electron chi connectivity index (χ0n) is 13.9. The summed E-state index contributed by atoms with van der Waals surface area (Å²) >= 11 is 3.32. The number of halogens is 1. The molecule has 0 radical (unpaired) electrons. The molecule has 2 N–H and O–H groups in total. The summed E-state index contributed by atoms with van der Waals surface area (Å²) in [6.07, 6.45) is 1.17. The number of nitrogens with one attached hydrogen (secondary N) is 2. The molecule has 0 spiro atoms. The Labute approximate surface area is 159 Å². The van der Waals surface area contributed by atoms with Crippen LogP contribution in [0.1, 0.15) is 12.0 Å². The molecule has 0 aromatic heterocycles. The number of benzene rings is 2. The summed E-state index contributed by atoms with van der Waals surface area (Å²) in [4.78, 5) is 37.6. The van der Waals surface area contributed by atoms with Crippen LogP contribution in [0, 0.1) is 0 Å². The molecule has 3 rings (SSSR count). The quantitative estimate of drug-likeness (QED) is 0.711. The van der Waals surface area contributed by atoms with Crippen LogP contribution in [0.5, 0.6) is 0 Å². The molecule has 0 bridgehead atoms. The van der Waals surface area contributed by atoms with E-state index in [1.807, 2.05) is 36.4 Å². The van der Waals surface area contributed by atoms with Crippen LogP contribution < -0.4 is 10.6 Å². The highest BCUT2D eigenvalue weighted by molar-refractivity contribution is 9.10. The SMILES string of the molecule is O=C(CN1C(=O)N[C@H](CCc2ccccc2)C1=O)Nc1cccc(Br)c1. The van der Waals surface area contributed by atoms with E-state index in [9.17, 15) is 14.4 Å². The van der Waals surface area contributed by atoms with Crippen molar-refractivity contribution in [2.45, 2.75) is 18.9 Å². The Bertz CT molecular complexity index is 826. The van der Waals surface area contributed by atoms with Crippen molar-refractivity contribution in [1.82, 2.24) is 10.2 Å². The summed E-state index contributed by atoms with van der Waals surface area (Å²) in [5.74, 6) is -0.786. The second kappa shape index (κ2) is 8.14. The monoisotopic (exact) mass is 415 g/mol. The first kappa shape index (κ1) is 18.1. The number of rotatable bonds is 6. The van der Waals surface area contributed by atoms with E-state index in [2.05, 4.69) is 26.6 Å². The van der Waals surface area contributed by atoms with Crippen LogP contribution in [-0.2, 0) is 16.0 Å². The smallest absolute Gasteiger partial charge is 0.325 e. The fourth-order valence-electron chi connectivity index (χ4n) is 2.79. The van der Waals surface area contributed by atoms with Gasteiger partial charge in [0.1, 0.15) is 12.6 Å². The Morgan fingerprint density at radius 3 is 2.62 bits per heavy atom. The second-order valence-corrected chi connectivity index (χ2v) is 6.92. The molecule has 26 heavy (non-hydrogen) atoms. The molecule has 0 unspecified atom stereocenters. The third-order valence-corrected chi connectivity index (χ3v) is 4.57. The van der Waals surface area contributed by atoms with Crippen LogP contribution in [0.3, 0.4) is 0 Å². The minimum atomic E-state index is -0.596. The second-order valence-electron chi connectivity index (χ2n) is 6.01. The lowest BCUT2D eigenvalue weighted by Crippen LogP contribution is -2.38. The molecule has 6 nitrogen and oxygen atoms in total. The number of amides is 4. The van der Waals surface area contributed by atoms with Crippen molar-refractivity contribution in [3.05, 3.63) is 64.6 Å². The largest absolute Gasteiger partial charge is 0.326 e. The minimum Gasteiger partial charge on any atom is -0.326 e. The molecule has 2 aromatic rings. The van der Waals surface area contributed by atoms with Gasteiger partial charge in [0, 0.05) is 10.2 Å². The Hall–Kier alpha value is -2.67. The molecule has 1 atom stereocenters. The molecule has 1 aliphatic rings. The fourth-order valence-corrected chi connectivity index (χ4v) is 3.19. The van der Waals surface area contributed by atoms with Gasteiger partial charge in [0.15, 0.2) is 0 Å². The first-order valence-electron chi connectivity index (χ1n) is 8.24. The predicted molar refractivity (Wildman–Crippen MR) is 102 cm³/mol. The van der Waals surface area contributed by atoms with Crippen LogP contribution in [0.2, 0.25) is 0 Å². The Morgan fingerprint density at radius 2 is 1.88 bits per heavy atom. The molecule has 4 amide bonds. The molecule has 1 fully saturated rings. The number of anilines is 1. The first-order valence-corrected chi connectivity index (χ1v) is 9.03. The minimum absolute atomic E-state index is 0.307. The number of hydrogen-bond donors (Lipinski definition) is 2. The van der Waals surface area contributed by atoms with E-state index in [-0.39, 0.29) is 12.5 Å². The van der Waals surface area contributed by atoms with Crippen LogP contribution in [0.4, 0.5) is 10.5 Å². The molecular formula is C19H18BrN3O3. The number of hydrogen-bond acceptors (Lipinski definition) is 3. The number of carbonyl (C=O) groups excluding carboxylic acids is 3. The summed E-state index contributed by atoms with van der Waals surface area (Å²) in [5.41, 5.74) is 1.69. The first-order chi connectivity index (χ1) is 12.5. The third kappa shape index (κ3) is 4.49. The van der Waals surface area contributed by atoms with E-state index >= 15 is 0 Å². The average molecular weight is 416 g/mol. The van der Waals surface area contributed by atoms with E-state index in [0.717, 1.165) is 14.9 Å². The molecule has 0 aliphatic carbocycles. The van der Waals surface area contributed by atoms with Crippen molar-refractivity contribution >= 4 is 39.5 Å². The van der Waals surface area contributed by atoms with Crippen molar-refractivity contribution < 1.29 is 14.4 Å². The van der Waals surface area contributed by atoms with Crippen molar-refractivity contribution in [3.63, 3.8) is 0 Å². The summed E-state index contributed by atoms with van der Waals surface area (Å²) in [5, 5.41) is 5.33. The van der Waals surface area contributed by atoms with Gasteiger partial charge in [0.2, 0.25) is 5.91 Å². The lowest BCUT2D eigenvalue weighted by Gasteiger charge is -2.13. The van der Waals surface area contributed by atoms with Crippen LogP contribution in [0.25, 0.3) is 0 Å². The van der Waals surface area contributed by atoms with Gasteiger partial charge >= 0.3 is 6.03 Å². The third-order valence-electron chi connectivity index (χ3n) is 4.08. The summed E-state index contributed by atoms with van der Waals surface area (Å²) in [7, 11) is 0. The van der Waals surface area contributed by atoms with Crippen molar-refractivity contribution in [3.8, 4) is 0 Å². The Balaban J connectivity index is 1.55. The number of aryl methyl sites for hydroxylation is 1. The maximum absolute atomic E-state index is 12.4. The number of carbonyl (C=O) groups is 3. The number of urea groups is 1. The zero-order valence-corrected chi connectivity index (χ0v) is 15.5. The molecule has 134 valence electrons. The van der Waals surface area contributed by atoms with Crippen molar-refractivity contribution in [2.24, 2.45) is 0 Å². The van der Waals surface area contributed by atoms with Gasteiger partial charge in [-0.3, -0.25) is 14.5 Å². The summed E-state index contributed by atoms with van der Waals surface area (Å²) < 4.78 is 0.825. The van der Waals surface area contributed by atoms with Gasteiger partial charge in [-0.1, -0.05) is 52.3 Å². The highest BCUT2D eigenvalue weighted by atomic mass is 79.9. The fraction of sp³-hybridized carbons (Fsp3) is 0.211. The Kier molecular flexibility index (Phi) is 5.68. The van der Waals surface area contributed by atoms with Gasteiger partial charge in [0.05, 0.1) is 0 Å². The molecule has 1 heterocycles. The summed E-state index contributed by atoms with van der Waals surface area (Å²) in [6, 6.07) is 15.7. The van der Waals surface area contributed by atoms with E-state index in [1.165, 1.54) is 0 Å². The maximum Gasteiger partial charge on any atom is 0.325 e. The molecule has 2 aromatic carbocycles. The van der Waals surface area contributed by atoms with Gasteiger partial charge in [0.25, 0.3) is 5.91 Å². The topological polar surface area (TPSA) is 78.5 Å². The van der Waals surface area contributed by atoms with E-state index in [4.69, 9.17) is 0 Å². The zero-order chi connectivity index (χ0) is 18.5. The van der Waals surface area contributed by atoms with Crippen molar-refractivity contribution in [2.75, 3.05) is 11.9 Å². The van der Waals surface area contributed by atoms with Gasteiger partial charge < -0.3 is 10.6 Å². The van der Waals surface area contributed by atoms with Crippen LogP contribution >= 0.6 is 15.9 Å². The molecular weight excluding hydrogens is 398 g/mol. The molecule has 1 aliphatic heterocycles. The lowest BCUT2D eigenvalue weighted by atomic mass is 10.1. The lowest BCUT2D eigenvalue weighted by molar-refractivity contribution is -0.130. The maximum atomic E-state index is 12.4. The standard InChI is InChI=1S/C19H18BrN3O3/c20-14-7-4-8-15(11-14)21-17(24)12-23-18(25)16(22-19(23)26)10-9-13-5-2-1-3-6-13/h1-8,11,16H,9-10,12H2,(H,21,24)(H,22,26)/t16-/m1/s1. The molecule has 7 heteroatoms. The van der Waals surface area contributed by atoms with Gasteiger partial charge in [-0.05, 0) is 36.6 Å². The van der Waals surface area contributed by atoms with Gasteiger partial charge in [-0.15, -0.1) is 0 Å². The normalized spacial score (nSPS) is 16.5. The molecule has 1 saturated heterocycles. The van der Waals surface area contributed by atoms with Gasteiger partial charge in [-0.2, -0.15) is 0 Å². The van der Waals surface area contributed by atoms with Crippen molar-refractivity contribution in [1.29, 1.82) is 0 Å². The average Bonchev–Trinajstić information content (AvgIpc) is 2.88. The van der Waals surface area contributed by atoms with E-state index < -0.39 is 18.0 Å². The number of nitrogens with zero attached hydrogens (tertiary/aromatic N) is 1.